The van der Waals surface area contributed by atoms with Crippen LogP contribution in [0, 0.1) is 18.3 Å². The number of fused-ring (bicyclic) bond motifs is 1. The highest BCUT2D eigenvalue weighted by Gasteiger charge is 2.37. The molecule has 5 heteroatoms. The first-order chi connectivity index (χ1) is 11.9. The minimum Gasteiger partial charge on any atom is -0.347 e. The number of para-hydroxylation sites is 1. The minimum absolute atomic E-state index is 0.0612. The second-order valence-electron chi connectivity index (χ2n) is 6.81. The predicted molar refractivity (Wildman–Crippen MR) is 101 cm³/mol. The van der Waals surface area contributed by atoms with Crippen LogP contribution in [0.5, 0.6) is 0 Å². The van der Waals surface area contributed by atoms with Crippen LogP contribution >= 0.6 is 0 Å². The standard InChI is InChI=1S/C20H23N5/c1-15-14-19(25(23-15)13-7-11-21)22-12-10-18-20(2,3)16-8-5-6-9-17(16)24(18)4/h5-6,8-10,12,14H,7,13H2,1-4H3/b18-10+,22-12+. The number of benzene rings is 1. The number of aliphatic imine (C=N–C) groups is 1. The highest BCUT2D eigenvalue weighted by atomic mass is 15.3. The van der Waals surface area contributed by atoms with Crippen LogP contribution < -0.4 is 4.90 Å². The van der Waals surface area contributed by atoms with Crippen molar-refractivity contribution in [1.29, 1.82) is 5.26 Å². The molecule has 0 aliphatic carbocycles. The molecule has 0 bridgehead atoms. The molecule has 2 heterocycles. The van der Waals surface area contributed by atoms with Crippen LogP contribution in [-0.2, 0) is 12.0 Å². The first-order valence-electron chi connectivity index (χ1n) is 8.44. The monoisotopic (exact) mass is 333 g/mol. The highest BCUT2D eigenvalue weighted by Crippen LogP contribution is 2.46. The number of rotatable bonds is 4. The molecule has 128 valence electrons. The molecule has 0 unspecified atom stereocenters. The van der Waals surface area contributed by atoms with E-state index >= 15 is 0 Å². The van der Waals surface area contributed by atoms with Crippen molar-refractivity contribution >= 4 is 17.7 Å². The van der Waals surface area contributed by atoms with Crippen LogP contribution in [-0.4, -0.2) is 23.0 Å². The summed E-state index contributed by atoms with van der Waals surface area (Å²) in [5.41, 5.74) is 4.61. The van der Waals surface area contributed by atoms with Crippen LogP contribution in [0.25, 0.3) is 0 Å². The number of allylic oxidation sites excluding steroid dienone is 2. The van der Waals surface area contributed by atoms with Gasteiger partial charge in [-0.15, -0.1) is 0 Å². The van der Waals surface area contributed by atoms with E-state index in [2.05, 4.69) is 72.3 Å². The van der Waals surface area contributed by atoms with Crippen LogP contribution in [0.2, 0.25) is 0 Å². The van der Waals surface area contributed by atoms with Crippen molar-refractivity contribution in [2.24, 2.45) is 4.99 Å². The Labute approximate surface area is 148 Å². The Bertz CT molecular complexity index is 880. The van der Waals surface area contributed by atoms with Crippen molar-refractivity contribution < 1.29 is 0 Å². The summed E-state index contributed by atoms with van der Waals surface area (Å²) in [5.74, 6) is 0.778. The van der Waals surface area contributed by atoms with Gasteiger partial charge in [-0.3, -0.25) is 0 Å². The zero-order chi connectivity index (χ0) is 18.0. The zero-order valence-electron chi connectivity index (χ0n) is 15.2. The molecular formula is C20H23N5. The Kier molecular flexibility index (Phi) is 4.45. The molecule has 3 rings (SSSR count). The number of likely N-dealkylation sites (N-methyl/N-ethyl adjacent to an activating group) is 1. The average molecular weight is 333 g/mol. The summed E-state index contributed by atoms with van der Waals surface area (Å²) in [6.07, 6.45) is 4.32. The Morgan fingerprint density at radius 1 is 1.32 bits per heavy atom. The van der Waals surface area contributed by atoms with E-state index in [1.165, 1.54) is 16.9 Å². The zero-order valence-corrected chi connectivity index (χ0v) is 15.2. The lowest BCUT2D eigenvalue weighted by molar-refractivity contribution is 0.626. The van der Waals surface area contributed by atoms with Crippen molar-refractivity contribution in [3.63, 3.8) is 0 Å². The molecule has 0 N–H and O–H groups in total. The number of nitrogens with zero attached hydrogens (tertiary/aromatic N) is 5. The number of nitriles is 1. The van der Waals surface area contributed by atoms with Crippen molar-refractivity contribution in [3.05, 3.63) is 53.4 Å². The van der Waals surface area contributed by atoms with Gasteiger partial charge < -0.3 is 4.90 Å². The molecule has 1 aliphatic heterocycles. The number of hydrogen-bond acceptors (Lipinski definition) is 4. The van der Waals surface area contributed by atoms with Gasteiger partial charge in [-0.05, 0) is 24.6 Å². The van der Waals surface area contributed by atoms with Crippen LogP contribution in [0.15, 0.2) is 47.1 Å². The van der Waals surface area contributed by atoms with E-state index in [1.54, 1.807) is 4.68 Å². The molecule has 1 aromatic heterocycles. The van der Waals surface area contributed by atoms with E-state index in [0.717, 1.165) is 11.5 Å². The maximum absolute atomic E-state index is 8.77. The molecule has 0 saturated heterocycles. The summed E-state index contributed by atoms with van der Waals surface area (Å²) < 4.78 is 1.78. The van der Waals surface area contributed by atoms with Gasteiger partial charge in [0.1, 0.15) is 0 Å². The third kappa shape index (κ3) is 3.08. The lowest BCUT2D eigenvalue weighted by Crippen LogP contribution is -2.23. The fraction of sp³-hybridized carbons (Fsp3) is 0.350. The van der Waals surface area contributed by atoms with Gasteiger partial charge in [0.2, 0.25) is 0 Å². The van der Waals surface area contributed by atoms with Gasteiger partial charge in [0.15, 0.2) is 5.82 Å². The Hall–Kier alpha value is -2.87. The van der Waals surface area contributed by atoms with Gasteiger partial charge in [-0.25, -0.2) is 9.67 Å². The largest absolute Gasteiger partial charge is 0.347 e. The topological polar surface area (TPSA) is 57.2 Å². The van der Waals surface area contributed by atoms with Crippen LogP contribution in [0.4, 0.5) is 11.5 Å². The van der Waals surface area contributed by atoms with Crippen molar-refractivity contribution in [1.82, 2.24) is 9.78 Å². The molecular weight excluding hydrogens is 310 g/mol. The molecule has 1 aromatic carbocycles. The van der Waals surface area contributed by atoms with Gasteiger partial charge >= 0.3 is 0 Å². The molecule has 0 spiro atoms. The summed E-state index contributed by atoms with van der Waals surface area (Å²) in [6, 6.07) is 12.6. The molecule has 5 nitrogen and oxygen atoms in total. The lowest BCUT2D eigenvalue weighted by Gasteiger charge is -2.23. The molecule has 0 amide bonds. The van der Waals surface area contributed by atoms with E-state index in [-0.39, 0.29) is 5.41 Å². The maximum atomic E-state index is 8.77. The Morgan fingerprint density at radius 2 is 2.08 bits per heavy atom. The van der Waals surface area contributed by atoms with Crippen molar-refractivity contribution in [2.75, 3.05) is 11.9 Å². The van der Waals surface area contributed by atoms with Crippen molar-refractivity contribution in [2.45, 2.75) is 39.2 Å². The van der Waals surface area contributed by atoms with Crippen molar-refractivity contribution in [3.8, 4) is 6.07 Å². The fourth-order valence-corrected chi connectivity index (χ4v) is 3.44. The predicted octanol–water partition coefficient (Wildman–Crippen LogP) is 4.12. The Balaban J connectivity index is 1.88. The average Bonchev–Trinajstić information content (AvgIpc) is 3.03. The first-order valence-corrected chi connectivity index (χ1v) is 8.44. The molecule has 0 fully saturated rings. The molecule has 2 aromatic rings. The summed E-state index contributed by atoms with van der Waals surface area (Å²) in [4.78, 5) is 6.79. The molecule has 0 saturated carbocycles. The number of aromatic nitrogens is 2. The summed E-state index contributed by atoms with van der Waals surface area (Å²) in [6.45, 7) is 6.96. The first kappa shape index (κ1) is 17.0. The maximum Gasteiger partial charge on any atom is 0.150 e. The summed E-state index contributed by atoms with van der Waals surface area (Å²) in [5, 5.41) is 13.2. The Morgan fingerprint density at radius 3 is 2.80 bits per heavy atom. The van der Waals surface area contributed by atoms with Crippen LogP contribution in [0.3, 0.4) is 0 Å². The van der Waals surface area contributed by atoms with Gasteiger partial charge in [-0.1, -0.05) is 32.0 Å². The van der Waals surface area contributed by atoms with E-state index in [9.17, 15) is 0 Å². The van der Waals surface area contributed by atoms with Gasteiger partial charge in [0.05, 0.1) is 24.7 Å². The quantitative estimate of drug-likeness (QED) is 0.791. The van der Waals surface area contributed by atoms with E-state index in [1.807, 2.05) is 19.2 Å². The fourth-order valence-electron chi connectivity index (χ4n) is 3.44. The van der Waals surface area contributed by atoms with Gasteiger partial charge in [-0.2, -0.15) is 10.4 Å². The summed E-state index contributed by atoms with van der Waals surface area (Å²) >= 11 is 0. The highest BCUT2D eigenvalue weighted by molar-refractivity contribution is 5.80. The minimum atomic E-state index is -0.0612. The molecule has 1 aliphatic rings. The third-order valence-corrected chi connectivity index (χ3v) is 4.70. The van der Waals surface area contributed by atoms with E-state index in [0.29, 0.717) is 13.0 Å². The molecule has 0 radical (unpaired) electrons. The number of aryl methyl sites for hydroxylation is 2. The second-order valence-corrected chi connectivity index (χ2v) is 6.81. The normalized spacial score (nSPS) is 17.2. The SMILES string of the molecule is Cc1cc(/N=C/C=C2/N(C)c3ccccc3C2(C)C)n(CCC#N)n1. The third-order valence-electron chi connectivity index (χ3n) is 4.70. The molecule has 0 atom stereocenters. The smallest absolute Gasteiger partial charge is 0.150 e. The molecule has 25 heavy (non-hydrogen) atoms. The van der Waals surface area contributed by atoms with Crippen LogP contribution in [0.1, 0.15) is 31.5 Å². The van der Waals surface area contributed by atoms with Gasteiger partial charge in [0, 0.05) is 36.1 Å². The van der Waals surface area contributed by atoms with Gasteiger partial charge in [0.25, 0.3) is 0 Å². The lowest BCUT2D eigenvalue weighted by atomic mass is 9.84. The van der Waals surface area contributed by atoms with E-state index < -0.39 is 0 Å². The number of anilines is 1. The van der Waals surface area contributed by atoms with E-state index in [4.69, 9.17) is 5.26 Å². The summed E-state index contributed by atoms with van der Waals surface area (Å²) in [7, 11) is 2.09. The number of hydrogen-bond donors (Lipinski definition) is 0. The second kappa shape index (κ2) is 6.56.